The first-order valence-electron chi connectivity index (χ1n) is 6.51. The first-order valence-corrected chi connectivity index (χ1v) is 7.50. The lowest BCUT2D eigenvalue weighted by atomic mass is 10.3. The average Bonchev–Trinajstić information content (AvgIpc) is 2.95. The van der Waals surface area contributed by atoms with Gasteiger partial charge < -0.3 is 9.47 Å². The molecule has 0 spiro atoms. The number of hydrogen-bond donors (Lipinski definition) is 0. The third-order valence-corrected chi connectivity index (χ3v) is 3.79. The van der Waals surface area contributed by atoms with Crippen LogP contribution in [0.25, 0.3) is 0 Å². The van der Waals surface area contributed by atoms with Crippen molar-refractivity contribution in [1.29, 1.82) is 0 Å². The van der Waals surface area contributed by atoms with Gasteiger partial charge in [-0.2, -0.15) is 0 Å². The molecule has 4 heteroatoms. The van der Waals surface area contributed by atoms with Crippen LogP contribution in [0.1, 0.15) is 0 Å². The first-order chi connectivity index (χ1) is 9.90. The Morgan fingerprint density at radius 3 is 2.50 bits per heavy atom. The molecule has 1 heterocycles. The van der Waals surface area contributed by atoms with Crippen LogP contribution in [0.4, 0.5) is 5.69 Å². The summed E-state index contributed by atoms with van der Waals surface area (Å²) in [6.45, 7) is 0.546. The standard InChI is InChI=1S/C16H15NO2S/c1-3-7-13(8-4-1)17-16-19-15(12-20-16)11-18-14-9-5-2-6-10-14/h1-10,15H,11-12H2. The number of para-hydroxylation sites is 2. The predicted molar refractivity (Wildman–Crippen MR) is 82.8 cm³/mol. The largest absolute Gasteiger partial charge is 0.490 e. The summed E-state index contributed by atoms with van der Waals surface area (Å²) in [4.78, 5) is 4.47. The van der Waals surface area contributed by atoms with Crippen molar-refractivity contribution in [2.75, 3.05) is 12.4 Å². The molecule has 102 valence electrons. The molecule has 0 amide bonds. The van der Waals surface area contributed by atoms with E-state index in [-0.39, 0.29) is 6.10 Å². The molecule has 1 aliphatic heterocycles. The fourth-order valence-electron chi connectivity index (χ4n) is 1.83. The molecule has 3 rings (SSSR count). The second-order valence-corrected chi connectivity index (χ2v) is 5.36. The Morgan fingerprint density at radius 1 is 1.05 bits per heavy atom. The van der Waals surface area contributed by atoms with Gasteiger partial charge in [0.05, 0.1) is 5.69 Å². The maximum absolute atomic E-state index is 5.78. The SMILES string of the molecule is c1ccc(N=C2OC(COc3ccccc3)CS2)cc1. The van der Waals surface area contributed by atoms with Crippen molar-refractivity contribution >= 4 is 22.7 Å². The smallest absolute Gasteiger partial charge is 0.251 e. The van der Waals surface area contributed by atoms with Gasteiger partial charge in [0.15, 0.2) is 0 Å². The van der Waals surface area contributed by atoms with Crippen LogP contribution in [0.2, 0.25) is 0 Å². The highest BCUT2D eigenvalue weighted by atomic mass is 32.2. The molecule has 0 aliphatic carbocycles. The second kappa shape index (κ2) is 6.48. The van der Waals surface area contributed by atoms with Crippen LogP contribution in [-0.4, -0.2) is 23.7 Å². The molecule has 0 saturated carbocycles. The molecule has 0 radical (unpaired) electrons. The maximum atomic E-state index is 5.78. The van der Waals surface area contributed by atoms with Crippen LogP contribution < -0.4 is 4.74 Å². The van der Waals surface area contributed by atoms with Crippen molar-refractivity contribution in [2.24, 2.45) is 4.99 Å². The highest BCUT2D eigenvalue weighted by Crippen LogP contribution is 2.24. The number of ether oxygens (including phenoxy) is 2. The topological polar surface area (TPSA) is 30.8 Å². The minimum absolute atomic E-state index is 0.0580. The van der Waals surface area contributed by atoms with Gasteiger partial charge >= 0.3 is 0 Å². The molecular weight excluding hydrogens is 270 g/mol. The molecule has 1 aliphatic rings. The summed E-state index contributed by atoms with van der Waals surface area (Å²) in [6.07, 6.45) is 0.0580. The van der Waals surface area contributed by atoms with Crippen molar-refractivity contribution in [3.8, 4) is 5.75 Å². The van der Waals surface area contributed by atoms with Crippen LogP contribution in [-0.2, 0) is 4.74 Å². The van der Waals surface area contributed by atoms with E-state index in [2.05, 4.69) is 4.99 Å². The summed E-state index contributed by atoms with van der Waals surface area (Å²) in [5.41, 5.74) is 0.916. The number of benzene rings is 2. The summed E-state index contributed by atoms with van der Waals surface area (Å²) in [5.74, 6) is 1.74. The van der Waals surface area contributed by atoms with Crippen LogP contribution in [0, 0.1) is 0 Å². The van der Waals surface area contributed by atoms with Crippen LogP contribution in [0.3, 0.4) is 0 Å². The summed E-state index contributed by atoms with van der Waals surface area (Å²) in [5, 5.41) is 0.720. The summed E-state index contributed by atoms with van der Waals surface area (Å²) >= 11 is 1.63. The van der Waals surface area contributed by atoms with Gasteiger partial charge in [-0.1, -0.05) is 48.2 Å². The van der Waals surface area contributed by atoms with Crippen LogP contribution >= 0.6 is 11.8 Å². The zero-order chi connectivity index (χ0) is 13.6. The fraction of sp³-hybridized carbons (Fsp3) is 0.188. The Hall–Kier alpha value is -1.94. The van der Waals surface area contributed by atoms with Crippen molar-refractivity contribution in [2.45, 2.75) is 6.10 Å². The van der Waals surface area contributed by atoms with Crippen molar-refractivity contribution in [3.63, 3.8) is 0 Å². The Bertz CT molecular complexity index is 572. The Morgan fingerprint density at radius 2 is 1.75 bits per heavy atom. The lowest BCUT2D eigenvalue weighted by Crippen LogP contribution is -2.19. The minimum atomic E-state index is 0.0580. The summed E-state index contributed by atoms with van der Waals surface area (Å²) in [6, 6.07) is 19.6. The monoisotopic (exact) mass is 285 g/mol. The normalized spacial score (nSPS) is 19.8. The van der Waals surface area contributed by atoms with Gasteiger partial charge in [-0.15, -0.1) is 0 Å². The average molecular weight is 285 g/mol. The molecule has 0 aromatic heterocycles. The third-order valence-electron chi connectivity index (χ3n) is 2.82. The highest BCUT2D eigenvalue weighted by molar-refractivity contribution is 8.13. The molecule has 0 N–H and O–H groups in total. The van der Waals surface area contributed by atoms with Crippen LogP contribution in [0.15, 0.2) is 65.7 Å². The van der Waals surface area contributed by atoms with Gasteiger partial charge in [0.2, 0.25) is 0 Å². The Balaban J connectivity index is 1.54. The van der Waals surface area contributed by atoms with E-state index in [4.69, 9.17) is 9.47 Å². The molecule has 1 fully saturated rings. The third kappa shape index (κ3) is 3.54. The molecule has 1 saturated heterocycles. The number of hydrogen-bond acceptors (Lipinski definition) is 4. The molecule has 0 bridgehead atoms. The van der Waals surface area contributed by atoms with Gasteiger partial charge in [0, 0.05) is 5.75 Å². The lowest BCUT2D eigenvalue weighted by Gasteiger charge is -2.10. The number of nitrogens with zero attached hydrogens (tertiary/aromatic N) is 1. The van der Waals surface area contributed by atoms with E-state index in [9.17, 15) is 0 Å². The Kier molecular flexibility index (Phi) is 4.23. The molecule has 20 heavy (non-hydrogen) atoms. The van der Waals surface area contributed by atoms with Crippen molar-refractivity contribution < 1.29 is 9.47 Å². The zero-order valence-electron chi connectivity index (χ0n) is 10.9. The quantitative estimate of drug-likeness (QED) is 0.854. The van der Waals surface area contributed by atoms with E-state index in [0.717, 1.165) is 22.4 Å². The molecular formula is C16H15NO2S. The van der Waals surface area contributed by atoms with Gasteiger partial charge in [-0.3, -0.25) is 0 Å². The van der Waals surface area contributed by atoms with Gasteiger partial charge in [0.1, 0.15) is 18.5 Å². The molecule has 3 nitrogen and oxygen atoms in total. The predicted octanol–water partition coefficient (Wildman–Crippen LogP) is 3.89. The van der Waals surface area contributed by atoms with E-state index in [1.54, 1.807) is 11.8 Å². The molecule has 1 atom stereocenters. The minimum Gasteiger partial charge on any atom is -0.490 e. The van der Waals surface area contributed by atoms with Crippen molar-refractivity contribution in [3.05, 3.63) is 60.7 Å². The lowest BCUT2D eigenvalue weighted by molar-refractivity contribution is 0.148. The number of thioether (sulfide) groups is 1. The van der Waals surface area contributed by atoms with Gasteiger partial charge in [0.25, 0.3) is 5.23 Å². The van der Waals surface area contributed by atoms with E-state index < -0.39 is 0 Å². The molecule has 1 unspecified atom stereocenters. The number of aliphatic imine (C=N–C) groups is 1. The fourth-order valence-corrected chi connectivity index (χ4v) is 2.70. The molecule has 2 aromatic carbocycles. The highest BCUT2D eigenvalue weighted by Gasteiger charge is 2.23. The second-order valence-electron chi connectivity index (χ2n) is 4.39. The molecule has 2 aromatic rings. The number of rotatable bonds is 4. The summed E-state index contributed by atoms with van der Waals surface area (Å²) < 4.78 is 11.5. The zero-order valence-corrected chi connectivity index (χ0v) is 11.8. The summed E-state index contributed by atoms with van der Waals surface area (Å²) in [7, 11) is 0. The van der Waals surface area contributed by atoms with Gasteiger partial charge in [-0.05, 0) is 24.3 Å². The first kappa shape index (κ1) is 13.1. The van der Waals surface area contributed by atoms with Gasteiger partial charge in [-0.25, -0.2) is 4.99 Å². The van der Waals surface area contributed by atoms with E-state index in [1.807, 2.05) is 60.7 Å². The Labute approximate surface area is 122 Å². The van der Waals surface area contributed by atoms with E-state index in [1.165, 1.54) is 0 Å². The van der Waals surface area contributed by atoms with Crippen LogP contribution in [0.5, 0.6) is 5.75 Å². The van der Waals surface area contributed by atoms with E-state index >= 15 is 0 Å². The maximum Gasteiger partial charge on any atom is 0.251 e. The van der Waals surface area contributed by atoms with E-state index in [0.29, 0.717) is 6.61 Å². The van der Waals surface area contributed by atoms with Crippen molar-refractivity contribution in [1.82, 2.24) is 0 Å².